The number of fused-ring (bicyclic) bond motifs is 1. The van der Waals surface area contributed by atoms with E-state index in [0.29, 0.717) is 17.9 Å². The first-order chi connectivity index (χ1) is 19.3. The van der Waals surface area contributed by atoms with Gasteiger partial charge in [-0.3, -0.25) is 4.79 Å². The Kier molecular flexibility index (Phi) is 11.6. The number of amides is 1. The van der Waals surface area contributed by atoms with Crippen molar-refractivity contribution in [3.8, 4) is 5.75 Å². The number of hydrogen-bond donors (Lipinski definition) is 1. The van der Waals surface area contributed by atoms with E-state index in [1.807, 2.05) is 58.0 Å². The van der Waals surface area contributed by atoms with Gasteiger partial charge in [0.15, 0.2) is 0 Å². The van der Waals surface area contributed by atoms with Gasteiger partial charge >= 0.3 is 0 Å². The van der Waals surface area contributed by atoms with Crippen LogP contribution in [0.1, 0.15) is 56.0 Å². The summed E-state index contributed by atoms with van der Waals surface area (Å²) < 4.78 is 40.6. The molecule has 0 unspecified atom stereocenters. The van der Waals surface area contributed by atoms with Crippen LogP contribution in [0.2, 0.25) is 0 Å². The third-order valence-corrected chi connectivity index (χ3v) is 9.56. The largest absolute Gasteiger partial charge is 0.490 e. The molecule has 1 amide bonds. The fraction of sp³-hybridized carbons (Fsp3) is 0.581. The number of carbonyl (C=O) groups excluding carboxylic acids is 1. The lowest BCUT2D eigenvalue weighted by Gasteiger charge is -2.35. The fourth-order valence-electron chi connectivity index (χ4n) is 4.89. The molecular weight excluding hydrogens is 542 g/mol. The van der Waals surface area contributed by atoms with Crippen molar-refractivity contribution in [1.29, 1.82) is 0 Å². The van der Waals surface area contributed by atoms with Crippen LogP contribution in [0, 0.1) is 12.8 Å². The second kappa shape index (κ2) is 14.5. The van der Waals surface area contributed by atoms with E-state index in [9.17, 15) is 18.3 Å². The first kappa shape index (κ1) is 32.8. The number of aryl methyl sites for hydroxylation is 1. The zero-order valence-corrected chi connectivity index (χ0v) is 26.4. The minimum Gasteiger partial charge on any atom is -0.490 e. The van der Waals surface area contributed by atoms with E-state index < -0.39 is 22.2 Å². The molecule has 228 valence electrons. The summed E-state index contributed by atoms with van der Waals surface area (Å²) in [4.78, 5) is 17.9. The lowest BCUT2D eigenvalue weighted by Crippen LogP contribution is -2.48. The second-order valence-electron chi connectivity index (χ2n) is 11.5. The van der Waals surface area contributed by atoms with Crippen LogP contribution in [0.15, 0.2) is 47.4 Å². The molecule has 0 aromatic heterocycles. The highest BCUT2D eigenvalue weighted by Gasteiger charge is 2.32. The first-order valence-corrected chi connectivity index (χ1v) is 15.8. The normalized spacial score (nSPS) is 22.0. The molecule has 0 spiro atoms. The monoisotopic (exact) mass is 589 g/mol. The third-order valence-electron chi connectivity index (χ3n) is 7.72. The van der Waals surface area contributed by atoms with Gasteiger partial charge in [-0.05, 0) is 70.4 Å². The number of sulfonamides is 1. The second-order valence-corrected chi connectivity index (χ2v) is 13.5. The molecule has 1 aliphatic heterocycles. The molecule has 9 nitrogen and oxygen atoms in total. The Bertz CT molecular complexity index is 1250. The topological polar surface area (TPSA) is 99.6 Å². The van der Waals surface area contributed by atoms with Crippen molar-refractivity contribution in [1.82, 2.24) is 9.21 Å². The number of benzene rings is 2. The van der Waals surface area contributed by atoms with E-state index in [0.717, 1.165) is 30.5 Å². The van der Waals surface area contributed by atoms with Crippen LogP contribution in [0.4, 0.5) is 5.69 Å². The van der Waals surface area contributed by atoms with Gasteiger partial charge in [0.25, 0.3) is 5.91 Å². The van der Waals surface area contributed by atoms with Crippen molar-refractivity contribution in [3.05, 3.63) is 53.6 Å². The number of anilines is 1. The van der Waals surface area contributed by atoms with Crippen LogP contribution in [0.5, 0.6) is 5.75 Å². The minimum atomic E-state index is -3.73. The van der Waals surface area contributed by atoms with Crippen molar-refractivity contribution < 1.29 is 27.8 Å². The number of hydrogen-bond acceptors (Lipinski definition) is 7. The highest BCUT2D eigenvalue weighted by molar-refractivity contribution is 7.89. The molecule has 41 heavy (non-hydrogen) atoms. The predicted octanol–water partition coefficient (Wildman–Crippen LogP) is 4.18. The molecule has 4 atom stereocenters. The van der Waals surface area contributed by atoms with Crippen LogP contribution < -0.4 is 9.64 Å². The molecule has 0 fully saturated rings. The van der Waals surface area contributed by atoms with Gasteiger partial charge < -0.3 is 24.4 Å². The third kappa shape index (κ3) is 8.44. The summed E-state index contributed by atoms with van der Waals surface area (Å²) in [5.74, 6) is 0.0392. The smallest absolute Gasteiger partial charge is 0.258 e. The van der Waals surface area contributed by atoms with Gasteiger partial charge in [-0.2, -0.15) is 4.31 Å². The number of aliphatic hydroxyl groups excluding tert-OH is 1. The standard InChI is InChI=1S/C31H47N3O6S/c1-22-11-14-27(15-12-22)41(37,38)33(7)20-30-23(2)19-34(24(3)21-35)31(36)28-18-26(32(5)6)13-16-29(28)40-25(4)10-8-9-17-39-30/h11-16,18,23-25,30,35H,8-10,17,19-21H2,1-7H3/t23-,24-,25-,30+/m0/s1. The maximum absolute atomic E-state index is 14.1. The Balaban J connectivity index is 1.96. The Morgan fingerprint density at radius 3 is 2.39 bits per heavy atom. The zero-order valence-electron chi connectivity index (χ0n) is 25.5. The molecule has 0 saturated heterocycles. The molecule has 1 aliphatic rings. The number of ether oxygens (including phenoxy) is 2. The molecule has 1 heterocycles. The number of likely N-dealkylation sites (N-methyl/N-ethyl adjacent to an activating group) is 1. The van der Waals surface area contributed by atoms with Crippen LogP contribution in [-0.2, 0) is 14.8 Å². The molecule has 0 radical (unpaired) electrons. The number of nitrogens with zero attached hydrogens (tertiary/aromatic N) is 3. The first-order valence-electron chi connectivity index (χ1n) is 14.4. The van der Waals surface area contributed by atoms with Gasteiger partial charge in [-0.25, -0.2) is 8.42 Å². The Labute approximate surface area is 246 Å². The van der Waals surface area contributed by atoms with Crippen molar-refractivity contribution in [2.45, 2.75) is 70.1 Å². The summed E-state index contributed by atoms with van der Waals surface area (Å²) in [5, 5.41) is 10.1. The van der Waals surface area contributed by atoms with E-state index in [1.165, 1.54) is 4.31 Å². The molecule has 3 rings (SSSR count). The van der Waals surface area contributed by atoms with E-state index >= 15 is 0 Å². The molecular formula is C31H47N3O6S. The van der Waals surface area contributed by atoms with Crippen LogP contribution in [0.25, 0.3) is 0 Å². The van der Waals surface area contributed by atoms with Crippen LogP contribution in [-0.4, -0.2) is 94.3 Å². The van der Waals surface area contributed by atoms with Gasteiger partial charge in [0.2, 0.25) is 10.0 Å². The zero-order chi connectivity index (χ0) is 30.3. The summed E-state index contributed by atoms with van der Waals surface area (Å²) in [6.45, 7) is 8.32. The predicted molar refractivity (Wildman–Crippen MR) is 162 cm³/mol. The molecule has 1 N–H and O–H groups in total. The summed E-state index contributed by atoms with van der Waals surface area (Å²) >= 11 is 0. The summed E-state index contributed by atoms with van der Waals surface area (Å²) in [5.41, 5.74) is 2.28. The van der Waals surface area contributed by atoms with Gasteiger partial charge in [0, 0.05) is 52.4 Å². The van der Waals surface area contributed by atoms with Gasteiger partial charge in [-0.15, -0.1) is 0 Å². The fourth-order valence-corrected chi connectivity index (χ4v) is 6.08. The van der Waals surface area contributed by atoms with Gasteiger partial charge in [0.05, 0.1) is 35.3 Å². The van der Waals surface area contributed by atoms with Crippen molar-refractivity contribution in [3.63, 3.8) is 0 Å². The average Bonchev–Trinajstić information content (AvgIpc) is 2.93. The maximum atomic E-state index is 14.1. The van der Waals surface area contributed by atoms with Crippen molar-refractivity contribution >= 4 is 21.6 Å². The maximum Gasteiger partial charge on any atom is 0.258 e. The molecule has 0 aliphatic carbocycles. The average molecular weight is 590 g/mol. The minimum absolute atomic E-state index is 0.112. The SMILES string of the molecule is Cc1ccc(S(=O)(=O)N(C)C[C@H]2OCCCC[C@H](C)Oc3ccc(N(C)C)cc3C(=O)N([C@@H](C)CO)C[C@@H]2C)cc1. The Morgan fingerprint density at radius 1 is 1.07 bits per heavy atom. The molecule has 0 bridgehead atoms. The molecule has 2 aromatic rings. The number of rotatable bonds is 7. The molecule has 2 aromatic carbocycles. The van der Waals surface area contributed by atoms with E-state index in [-0.39, 0.29) is 42.5 Å². The number of carbonyl (C=O) groups is 1. The highest BCUT2D eigenvalue weighted by atomic mass is 32.2. The lowest BCUT2D eigenvalue weighted by atomic mass is 10.0. The van der Waals surface area contributed by atoms with E-state index in [1.54, 1.807) is 43.1 Å². The Hall–Kier alpha value is -2.66. The van der Waals surface area contributed by atoms with E-state index in [4.69, 9.17) is 9.47 Å². The highest BCUT2D eigenvalue weighted by Crippen LogP contribution is 2.29. The van der Waals surface area contributed by atoms with Crippen LogP contribution >= 0.6 is 0 Å². The number of aliphatic hydroxyl groups is 1. The molecule has 0 saturated carbocycles. The summed E-state index contributed by atoms with van der Waals surface area (Å²) in [7, 11) is 1.66. The lowest BCUT2D eigenvalue weighted by molar-refractivity contribution is -0.00833. The summed E-state index contributed by atoms with van der Waals surface area (Å²) in [6.07, 6.45) is 1.87. The van der Waals surface area contributed by atoms with Gasteiger partial charge in [0.1, 0.15) is 5.75 Å². The van der Waals surface area contributed by atoms with Crippen molar-refractivity contribution in [2.24, 2.45) is 5.92 Å². The van der Waals surface area contributed by atoms with Gasteiger partial charge in [-0.1, -0.05) is 24.6 Å². The quantitative estimate of drug-likeness (QED) is 0.517. The molecule has 10 heteroatoms. The van der Waals surface area contributed by atoms with Crippen molar-refractivity contribution in [2.75, 3.05) is 52.3 Å². The Morgan fingerprint density at radius 2 is 1.76 bits per heavy atom. The summed E-state index contributed by atoms with van der Waals surface area (Å²) in [6, 6.07) is 11.9. The van der Waals surface area contributed by atoms with E-state index in [2.05, 4.69) is 0 Å². The van der Waals surface area contributed by atoms with Crippen LogP contribution in [0.3, 0.4) is 0 Å².